The molecule has 1 amide bonds. The van der Waals surface area contributed by atoms with E-state index in [-0.39, 0.29) is 35.4 Å². The number of allylic oxidation sites excluding steroid dienone is 1. The van der Waals surface area contributed by atoms with E-state index in [0.29, 0.717) is 34.4 Å². The number of ether oxygens (including phenoxy) is 1. The number of methoxy groups -OCH3 is 1. The molecule has 0 saturated carbocycles. The van der Waals surface area contributed by atoms with E-state index in [1.165, 1.54) is 0 Å². The number of H-pyrrole nitrogens is 2. The third kappa shape index (κ3) is 8.70. The van der Waals surface area contributed by atoms with Crippen LogP contribution in [-0.2, 0) is 36.8 Å². The molecule has 2 aliphatic heterocycles. The second-order valence-electron chi connectivity index (χ2n) is 15.1. The van der Waals surface area contributed by atoms with Crippen LogP contribution < -0.4 is 10.1 Å². The largest absolute Gasteiger partial charge is 0.497 e. The number of hydrogen-bond donors (Lipinski definition) is 7. The van der Waals surface area contributed by atoms with Crippen LogP contribution in [0.25, 0.3) is 45.4 Å². The van der Waals surface area contributed by atoms with E-state index in [9.17, 15) is 44.4 Å². The van der Waals surface area contributed by atoms with Crippen molar-refractivity contribution < 1.29 is 49.1 Å². The number of aromatic amines is 2. The lowest BCUT2D eigenvalue weighted by Crippen LogP contribution is -2.43. The zero-order chi connectivity index (χ0) is 43.6. The van der Waals surface area contributed by atoms with Gasteiger partial charge in [0.05, 0.1) is 42.6 Å². The number of carboxylic acids is 4. The summed E-state index contributed by atoms with van der Waals surface area (Å²) < 4.78 is 5.33. The van der Waals surface area contributed by atoms with Gasteiger partial charge in [-0.25, -0.2) is 14.6 Å². The Hall–Kier alpha value is -7.03. The third-order valence-corrected chi connectivity index (χ3v) is 11.3. The number of amides is 1. The number of aliphatic carboxylic acids is 4. The Labute approximate surface area is 344 Å². The van der Waals surface area contributed by atoms with Crippen molar-refractivity contribution in [2.75, 3.05) is 7.11 Å². The molecule has 4 aromatic rings. The van der Waals surface area contributed by atoms with E-state index in [1.807, 2.05) is 76.2 Å². The molecule has 0 aliphatic carbocycles. The minimum absolute atomic E-state index is 0.0595. The van der Waals surface area contributed by atoms with Gasteiger partial charge in [0.15, 0.2) is 0 Å². The molecule has 0 unspecified atom stereocenters. The minimum atomic E-state index is -1.78. The molecule has 15 heteroatoms. The van der Waals surface area contributed by atoms with Crippen LogP contribution in [0.15, 0.2) is 42.5 Å². The molecule has 312 valence electrons. The number of benzene rings is 1. The number of carbonyl (C=O) groups excluding carboxylic acids is 1. The summed E-state index contributed by atoms with van der Waals surface area (Å²) in [4.78, 5) is 79.3. The summed E-state index contributed by atoms with van der Waals surface area (Å²) >= 11 is 0. The van der Waals surface area contributed by atoms with Crippen LogP contribution in [0.1, 0.15) is 108 Å². The SMILES string of the molecule is CCc1c(C)c2cc3[nH]c(cc4nc(c(CC(=O)N[C@@H](CC(=O)O)C(=O)O)c5nc(cc1[nH]2)C(C)=C5C(=O)O)[C@@H](CCC(=O)O)[C@@H]4C)c(C)c3/C=C/c1ccc(OC)cc1. The van der Waals surface area contributed by atoms with E-state index < -0.39 is 60.5 Å². The second-order valence-corrected chi connectivity index (χ2v) is 15.1. The molecule has 6 rings (SSSR count). The highest BCUT2D eigenvalue weighted by atomic mass is 16.5. The summed E-state index contributed by atoms with van der Waals surface area (Å²) in [6.45, 7) is 9.47. The predicted molar refractivity (Wildman–Crippen MR) is 225 cm³/mol. The quantitative estimate of drug-likeness (QED) is 0.0678. The Bertz CT molecular complexity index is 2650. The number of hydrogen-bond acceptors (Lipinski definition) is 8. The van der Waals surface area contributed by atoms with Gasteiger partial charge in [0.2, 0.25) is 5.91 Å². The average molecular weight is 818 g/mol. The molecule has 0 radical (unpaired) electrons. The summed E-state index contributed by atoms with van der Waals surface area (Å²) in [7, 11) is 1.61. The van der Waals surface area contributed by atoms with Crippen molar-refractivity contribution >= 4 is 75.1 Å². The van der Waals surface area contributed by atoms with E-state index in [2.05, 4.69) is 15.3 Å². The first-order chi connectivity index (χ1) is 28.5. The van der Waals surface area contributed by atoms with Crippen molar-refractivity contribution in [2.45, 2.75) is 84.6 Å². The zero-order valence-electron chi connectivity index (χ0n) is 34.1. The van der Waals surface area contributed by atoms with Gasteiger partial charge < -0.3 is 40.4 Å². The first-order valence-electron chi connectivity index (χ1n) is 19.5. The Morgan fingerprint density at radius 2 is 1.53 bits per heavy atom. The fourth-order valence-corrected chi connectivity index (χ4v) is 8.00. The molecule has 15 nitrogen and oxygen atoms in total. The second kappa shape index (κ2) is 17.4. The summed E-state index contributed by atoms with van der Waals surface area (Å²) in [6, 6.07) is 11.5. The summed E-state index contributed by atoms with van der Waals surface area (Å²) in [5, 5.41) is 41.8. The van der Waals surface area contributed by atoms with Crippen molar-refractivity contribution in [3.63, 3.8) is 0 Å². The first-order valence-corrected chi connectivity index (χ1v) is 19.5. The molecule has 5 heterocycles. The predicted octanol–water partition coefficient (Wildman–Crippen LogP) is 7.03. The molecular weight excluding hydrogens is 771 g/mol. The van der Waals surface area contributed by atoms with Crippen molar-refractivity contribution in [3.8, 4) is 5.75 Å². The van der Waals surface area contributed by atoms with Crippen LogP contribution in [0.3, 0.4) is 0 Å². The maximum atomic E-state index is 13.8. The molecule has 3 atom stereocenters. The van der Waals surface area contributed by atoms with Gasteiger partial charge in [-0.2, -0.15) is 0 Å². The molecule has 0 saturated heterocycles. The van der Waals surface area contributed by atoms with Gasteiger partial charge in [0, 0.05) is 57.1 Å². The van der Waals surface area contributed by atoms with Crippen molar-refractivity contribution in [2.24, 2.45) is 0 Å². The molecule has 1 aromatic carbocycles. The number of rotatable bonds is 14. The van der Waals surface area contributed by atoms with E-state index >= 15 is 0 Å². The van der Waals surface area contributed by atoms with Crippen LogP contribution in [-0.4, -0.2) is 83.3 Å². The van der Waals surface area contributed by atoms with Crippen LogP contribution >= 0.6 is 0 Å². The molecule has 7 N–H and O–H groups in total. The monoisotopic (exact) mass is 817 g/mol. The summed E-state index contributed by atoms with van der Waals surface area (Å²) in [6.07, 6.45) is 2.92. The topological polar surface area (TPSA) is 245 Å². The van der Waals surface area contributed by atoms with Crippen molar-refractivity contribution in [1.29, 1.82) is 0 Å². The Morgan fingerprint density at radius 1 is 0.850 bits per heavy atom. The summed E-state index contributed by atoms with van der Waals surface area (Å²) in [5.41, 5.74) is 8.84. The molecule has 60 heavy (non-hydrogen) atoms. The van der Waals surface area contributed by atoms with Gasteiger partial charge in [-0.1, -0.05) is 38.1 Å². The maximum absolute atomic E-state index is 13.8. The van der Waals surface area contributed by atoms with E-state index in [4.69, 9.17) is 14.7 Å². The summed E-state index contributed by atoms with van der Waals surface area (Å²) in [5.74, 6) is -6.67. The fourth-order valence-electron chi connectivity index (χ4n) is 8.00. The van der Waals surface area contributed by atoms with Gasteiger partial charge in [-0.05, 0) is 91.8 Å². The third-order valence-electron chi connectivity index (χ3n) is 11.3. The van der Waals surface area contributed by atoms with Gasteiger partial charge in [0.1, 0.15) is 11.8 Å². The van der Waals surface area contributed by atoms with Crippen LogP contribution in [0.5, 0.6) is 5.75 Å². The molecule has 8 bridgehead atoms. The van der Waals surface area contributed by atoms with E-state index in [1.54, 1.807) is 20.1 Å². The highest BCUT2D eigenvalue weighted by Crippen LogP contribution is 2.44. The number of aryl methyl sites for hydroxylation is 3. The molecule has 2 aliphatic rings. The fraction of sp³-hybridized carbons (Fsp3) is 0.311. The number of carboxylic acid groups (broad SMARTS) is 4. The Morgan fingerprint density at radius 3 is 2.15 bits per heavy atom. The van der Waals surface area contributed by atoms with Crippen LogP contribution in [0.4, 0.5) is 0 Å². The first kappa shape index (κ1) is 42.6. The highest BCUT2D eigenvalue weighted by molar-refractivity contribution is 6.24. The smallest absolute Gasteiger partial charge is 0.338 e. The molecule has 3 aromatic heterocycles. The van der Waals surface area contributed by atoms with Gasteiger partial charge >= 0.3 is 23.9 Å². The van der Waals surface area contributed by atoms with Gasteiger partial charge in [-0.15, -0.1) is 0 Å². The van der Waals surface area contributed by atoms with Crippen molar-refractivity contribution in [3.05, 3.63) is 98.6 Å². The number of carbonyl (C=O) groups is 5. The zero-order valence-corrected chi connectivity index (χ0v) is 34.1. The van der Waals surface area contributed by atoms with Gasteiger partial charge in [0.25, 0.3) is 0 Å². The lowest BCUT2D eigenvalue weighted by molar-refractivity contribution is -0.147. The van der Waals surface area contributed by atoms with Crippen LogP contribution in [0, 0.1) is 13.8 Å². The number of aromatic nitrogens is 4. The highest BCUT2D eigenvalue weighted by Gasteiger charge is 2.36. The molecule has 0 fully saturated rings. The number of fused-ring (bicyclic) bond motifs is 8. The maximum Gasteiger partial charge on any atom is 0.338 e. The lowest BCUT2D eigenvalue weighted by atomic mass is 9.84. The molecule has 0 spiro atoms. The lowest BCUT2D eigenvalue weighted by Gasteiger charge is -2.19. The Kier molecular flexibility index (Phi) is 12.4. The Balaban J connectivity index is 1.72. The normalized spacial score (nSPS) is 15.6. The van der Waals surface area contributed by atoms with Crippen LogP contribution in [0.2, 0.25) is 0 Å². The number of nitrogens with zero attached hydrogens (tertiary/aromatic N) is 2. The van der Waals surface area contributed by atoms with Crippen molar-refractivity contribution in [1.82, 2.24) is 25.3 Å². The standard InChI is InChI=1S/C45H47N5O10/c1-7-27-21(2)32-18-36-28(13-10-25-8-11-26(60-6)12-9-25)22(3)31(47-36)17-33-23(4)29(14-15-39(52)53)42(49-33)30(16-38(51)48-37(44(56)57)20-40(54)55)43-41(45(58)59)24(5)34(50-43)19-35(27)46-32/h8-13,17-19,23,29,37,46-47H,7,14-16,20H2,1-6H3,(H,48,51)(H,52,53)(H,54,55)(H,56,57)(H,58,59)/b13-10+,31-17?,32-18?,33-17?,34-19?,35-19?,36-18?,42-30?,43-30?/t23-,29-,37-/m0/s1. The minimum Gasteiger partial charge on any atom is -0.497 e. The average Bonchev–Trinajstić information content (AvgIpc) is 3.88. The molecular formula is C45H47N5O10. The van der Waals surface area contributed by atoms with E-state index in [0.717, 1.165) is 44.6 Å². The number of nitrogens with one attached hydrogen (secondary N) is 3. The van der Waals surface area contributed by atoms with Gasteiger partial charge in [-0.3, -0.25) is 19.4 Å².